The predicted octanol–water partition coefficient (Wildman–Crippen LogP) is 1.53. The third-order valence-electron chi connectivity index (χ3n) is 2.65. The highest BCUT2D eigenvalue weighted by atomic mass is 35.5. The Kier molecular flexibility index (Phi) is 3.50. The van der Waals surface area contributed by atoms with Gasteiger partial charge in [-0.1, -0.05) is 6.92 Å². The second kappa shape index (κ2) is 4.17. The summed E-state index contributed by atoms with van der Waals surface area (Å²) in [4.78, 5) is 10.6. The zero-order chi connectivity index (χ0) is 11.7. The third kappa shape index (κ3) is 2.98. The van der Waals surface area contributed by atoms with Crippen molar-refractivity contribution in [1.82, 2.24) is 9.74 Å². The maximum Gasteiger partial charge on any atom is 0.471 e. The van der Waals surface area contributed by atoms with Crippen molar-refractivity contribution in [2.75, 3.05) is 19.6 Å². The fraction of sp³-hybridized carbons (Fsp3) is 0.875. The Morgan fingerprint density at radius 1 is 1.53 bits per heavy atom. The monoisotopic (exact) mass is 244 g/mol. The number of hydrogen-bond acceptors (Lipinski definition) is 2. The van der Waals surface area contributed by atoms with Gasteiger partial charge in [0, 0.05) is 25.0 Å². The summed E-state index contributed by atoms with van der Waals surface area (Å²) in [6.07, 6.45) is -4.12. The van der Waals surface area contributed by atoms with Crippen LogP contribution in [-0.4, -0.2) is 36.1 Å². The molecular weight excluding hydrogens is 233 g/mol. The van der Waals surface area contributed by atoms with Crippen molar-refractivity contribution in [3.05, 3.63) is 0 Å². The normalized spacial score (nSPS) is 20.9. The van der Waals surface area contributed by atoms with Gasteiger partial charge in [0.15, 0.2) is 0 Å². The largest absolute Gasteiger partial charge is 0.471 e. The van der Waals surface area contributed by atoms with Gasteiger partial charge in [-0.15, -0.1) is 0 Å². The van der Waals surface area contributed by atoms with E-state index in [9.17, 15) is 18.0 Å². The van der Waals surface area contributed by atoms with Crippen molar-refractivity contribution < 1.29 is 18.0 Å². The number of carbonyl (C=O) groups excluding carboxylic acids is 1. The first-order valence-corrected chi connectivity index (χ1v) is 4.89. The van der Waals surface area contributed by atoms with Gasteiger partial charge in [-0.2, -0.15) is 13.2 Å². The van der Waals surface area contributed by atoms with Crippen molar-refractivity contribution in [1.29, 1.82) is 0 Å². The molecule has 0 aromatic rings. The molecule has 0 aliphatic carbocycles. The number of nitrogens with zero attached hydrogens (tertiary/aromatic N) is 1. The summed E-state index contributed by atoms with van der Waals surface area (Å²) in [5.41, 5.74) is -0.303. The van der Waals surface area contributed by atoms with Gasteiger partial charge in [0.1, 0.15) is 0 Å². The van der Waals surface area contributed by atoms with E-state index in [2.05, 4.69) is 0 Å². The van der Waals surface area contributed by atoms with E-state index >= 15 is 0 Å². The average Bonchev–Trinajstić information content (AvgIpc) is 2.08. The number of carbonyl (C=O) groups is 1. The Balaban J connectivity index is 2.40. The van der Waals surface area contributed by atoms with E-state index in [0.717, 1.165) is 0 Å². The molecule has 1 saturated heterocycles. The molecule has 3 nitrogen and oxygen atoms in total. The van der Waals surface area contributed by atoms with Crippen LogP contribution in [0, 0.1) is 5.41 Å². The van der Waals surface area contributed by atoms with E-state index < -0.39 is 12.1 Å². The average molecular weight is 245 g/mol. The van der Waals surface area contributed by atoms with Gasteiger partial charge in [0.2, 0.25) is 0 Å². The Morgan fingerprint density at radius 2 is 2.07 bits per heavy atom. The molecule has 1 N–H and O–H groups in total. The summed E-state index contributed by atoms with van der Waals surface area (Å²) in [5, 5.41) is 1.89. The summed E-state index contributed by atoms with van der Waals surface area (Å²) >= 11 is 5.62. The second-order valence-electron chi connectivity index (χ2n) is 3.81. The fourth-order valence-electron chi connectivity index (χ4n) is 1.51. The molecule has 1 rings (SSSR count). The molecule has 1 aliphatic heterocycles. The highest BCUT2D eigenvalue weighted by Gasteiger charge is 2.44. The van der Waals surface area contributed by atoms with E-state index in [1.807, 2.05) is 12.2 Å². The number of nitrogens with one attached hydrogen (secondary N) is 1. The smallest absolute Gasteiger partial charge is 0.348 e. The Bertz CT molecular complexity index is 251. The van der Waals surface area contributed by atoms with Crippen molar-refractivity contribution in [2.45, 2.75) is 19.5 Å². The molecule has 1 aliphatic rings. The second-order valence-corrected chi connectivity index (χ2v) is 4.29. The van der Waals surface area contributed by atoms with Crippen molar-refractivity contribution in [3.8, 4) is 0 Å². The van der Waals surface area contributed by atoms with E-state index in [-0.39, 0.29) is 12.0 Å². The number of alkyl halides is 3. The van der Waals surface area contributed by atoms with Crippen LogP contribution in [0.25, 0.3) is 0 Å². The quantitative estimate of drug-likeness (QED) is 0.764. The van der Waals surface area contributed by atoms with Crippen LogP contribution in [0.15, 0.2) is 0 Å². The molecule has 0 atom stereocenters. The van der Waals surface area contributed by atoms with E-state index in [0.29, 0.717) is 19.5 Å². The maximum atomic E-state index is 11.9. The van der Waals surface area contributed by atoms with Gasteiger partial charge in [-0.3, -0.25) is 4.79 Å². The van der Waals surface area contributed by atoms with Crippen LogP contribution in [-0.2, 0) is 4.79 Å². The SMILES string of the molecule is CCC1(CNC(=O)C(F)(F)F)CN(Cl)C1. The van der Waals surface area contributed by atoms with Crippen LogP contribution in [0.5, 0.6) is 0 Å². The lowest BCUT2D eigenvalue weighted by atomic mass is 9.79. The van der Waals surface area contributed by atoms with Crippen LogP contribution < -0.4 is 5.32 Å². The zero-order valence-corrected chi connectivity index (χ0v) is 8.95. The van der Waals surface area contributed by atoms with Crippen LogP contribution in [0.2, 0.25) is 0 Å². The fourth-order valence-corrected chi connectivity index (χ4v) is 2.02. The zero-order valence-electron chi connectivity index (χ0n) is 8.20. The summed E-state index contributed by atoms with van der Waals surface area (Å²) in [6, 6.07) is 0. The number of rotatable bonds is 3. The molecule has 88 valence electrons. The first-order chi connectivity index (χ1) is 6.79. The number of hydrogen-bond donors (Lipinski definition) is 1. The van der Waals surface area contributed by atoms with E-state index in [1.165, 1.54) is 4.42 Å². The highest BCUT2D eigenvalue weighted by molar-refractivity contribution is 6.13. The van der Waals surface area contributed by atoms with Crippen molar-refractivity contribution >= 4 is 17.7 Å². The minimum absolute atomic E-state index is 0.0189. The molecule has 1 amide bonds. The molecule has 0 radical (unpaired) electrons. The molecule has 0 bridgehead atoms. The van der Waals surface area contributed by atoms with Gasteiger partial charge >= 0.3 is 12.1 Å². The molecule has 15 heavy (non-hydrogen) atoms. The van der Waals surface area contributed by atoms with Crippen molar-refractivity contribution in [2.24, 2.45) is 5.41 Å². The van der Waals surface area contributed by atoms with Gasteiger partial charge in [-0.25, -0.2) is 4.42 Å². The van der Waals surface area contributed by atoms with Gasteiger partial charge in [0.25, 0.3) is 0 Å². The number of halogens is 4. The third-order valence-corrected chi connectivity index (χ3v) is 2.88. The molecule has 7 heteroatoms. The van der Waals surface area contributed by atoms with Gasteiger partial charge in [0.05, 0.1) is 0 Å². The Labute approximate surface area is 90.7 Å². The molecule has 0 unspecified atom stereocenters. The first kappa shape index (κ1) is 12.6. The summed E-state index contributed by atoms with van der Waals surface area (Å²) < 4.78 is 37.1. The van der Waals surface area contributed by atoms with E-state index in [1.54, 1.807) is 0 Å². The van der Waals surface area contributed by atoms with Crippen LogP contribution in [0.4, 0.5) is 13.2 Å². The van der Waals surface area contributed by atoms with Crippen LogP contribution in [0.3, 0.4) is 0 Å². The maximum absolute atomic E-state index is 11.9. The Hall–Kier alpha value is -0.490. The predicted molar refractivity (Wildman–Crippen MR) is 49.2 cm³/mol. The highest BCUT2D eigenvalue weighted by Crippen LogP contribution is 2.34. The Morgan fingerprint density at radius 3 is 2.40 bits per heavy atom. The van der Waals surface area contributed by atoms with Gasteiger partial charge < -0.3 is 5.32 Å². The molecule has 0 saturated carbocycles. The molecule has 1 fully saturated rings. The topological polar surface area (TPSA) is 32.3 Å². The summed E-state index contributed by atoms with van der Waals surface area (Å²) in [5.74, 6) is -1.89. The first-order valence-electron chi connectivity index (χ1n) is 4.55. The summed E-state index contributed by atoms with van der Waals surface area (Å²) in [6.45, 7) is 2.89. The van der Waals surface area contributed by atoms with Crippen molar-refractivity contribution in [3.63, 3.8) is 0 Å². The van der Waals surface area contributed by atoms with Gasteiger partial charge in [-0.05, 0) is 18.2 Å². The van der Waals surface area contributed by atoms with E-state index in [4.69, 9.17) is 11.8 Å². The standard InChI is InChI=1S/C8H12ClF3N2O/c1-2-7(4-14(9)5-7)3-13-6(15)8(10,11)12/h2-5H2,1H3,(H,13,15). The minimum Gasteiger partial charge on any atom is -0.348 e. The number of amides is 1. The lowest BCUT2D eigenvalue weighted by Gasteiger charge is -2.46. The molecule has 0 aromatic carbocycles. The summed E-state index contributed by atoms with van der Waals surface area (Å²) in [7, 11) is 0. The lowest BCUT2D eigenvalue weighted by Crippen LogP contribution is -2.58. The molecule has 0 spiro atoms. The van der Waals surface area contributed by atoms with Crippen LogP contribution >= 0.6 is 11.8 Å². The van der Waals surface area contributed by atoms with Crippen LogP contribution in [0.1, 0.15) is 13.3 Å². The lowest BCUT2D eigenvalue weighted by molar-refractivity contribution is -0.174. The molecule has 0 aromatic heterocycles. The molecule has 1 heterocycles. The molecular formula is C8H12ClF3N2O. The minimum atomic E-state index is -4.81.